The molecule has 230 valence electrons. The molecule has 0 aromatic rings. The number of ketones is 1. The number of Topliss-reactive ketones (excluding diaryl/α,β-unsaturated/α-hetero) is 1. The fourth-order valence-electron chi connectivity index (χ4n) is 7.55. The van der Waals surface area contributed by atoms with Gasteiger partial charge in [0.25, 0.3) is 5.91 Å². The lowest BCUT2D eigenvalue weighted by molar-refractivity contribution is -0.145. The molecule has 3 saturated carbocycles. The largest absolute Gasteiger partial charge is 0.363 e. The maximum Gasteiger partial charge on any atom is 0.315 e. The Kier molecular flexibility index (Phi) is 8.82. The van der Waals surface area contributed by atoms with Crippen LogP contribution < -0.4 is 21.7 Å². The Hall–Kier alpha value is -2.65. The minimum Gasteiger partial charge on any atom is -0.363 e. The van der Waals surface area contributed by atoms with Gasteiger partial charge in [-0.2, -0.15) is 0 Å². The van der Waals surface area contributed by atoms with Gasteiger partial charge in [-0.3, -0.25) is 19.2 Å². The highest BCUT2D eigenvalue weighted by Gasteiger charge is 2.70. The molecule has 3 aliphatic carbocycles. The zero-order valence-electron chi connectivity index (χ0n) is 25.8. The van der Waals surface area contributed by atoms with Gasteiger partial charge in [-0.25, -0.2) is 4.79 Å². The number of piperidine rings is 1. The Balaban J connectivity index is 1.52. The normalized spacial score (nSPS) is 28.0. The fourth-order valence-corrected chi connectivity index (χ4v) is 7.55. The van der Waals surface area contributed by atoms with E-state index in [9.17, 15) is 24.0 Å². The van der Waals surface area contributed by atoms with Crippen LogP contribution in [0.15, 0.2) is 0 Å². The minimum absolute atomic E-state index is 0.0699. The summed E-state index contributed by atoms with van der Waals surface area (Å²) in [6.07, 6.45) is 9.30. The van der Waals surface area contributed by atoms with E-state index < -0.39 is 41.1 Å². The van der Waals surface area contributed by atoms with Gasteiger partial charge in [-0.1, -0.05) is 80.1 Å². The number of carbonyl (C=O) groups excluding carboxylic acids is 5. The standard InChI is InChI=1S/C31H51N5O5/c1-7-31(14-9-8-10-15-31)35-28(41)34-24(29(2,3)4)27(40)36-17-19-21(30(19,5)6)22(36)26(39)33-20(23(37)25(32)38)16-18-12-11-13-18/h18-22,24H,7-17H2,1-6H3,(H2,32,38)(H,33,39)(H2,34,35,41)/t19-,20?,21-,22-,24+/m0/s1. The first-order valence-corrected chi connectivity index (χ1v) is 15.6. The number of fused-ring (bicyclic) bond motifs is 1. The lowest BCUT2D eigenvalue weighted by Gasteiger charge is -2.40. The zero-order valence-corrected chi connectivity index (χ0v) is 25.8. The lowest BCUT2D eigenvalue weighted by atomic mass is 9.80. The van der Waals surface area contributed by atoms with Gasteiger partial charge in [0.1, 0.15) is 12.1 Å². The number of carbonyl (C=O) groups is 5. The maximum absolute atomic E-state index is 14.2. The molecule has 41 heavy (non-hydrogen) atoms. The molecule has 10 nitrogen and oxygen atoms in total. The smallest absolute Gasteiger partial charge is 0.315 e. The van der Waals surface area contributed by atoms with Crippen LogP contribution in [0.3, 0.4) is 0 Å². The summed E-state index contributed by atoms with van der Waals surface area (Å²) in [5.74, 6) is -2.27. The molecule has 4 rings (SSSR count). The van der Waals surface area contributed by atoms with Gasteiger partial charge in [0.15, 0.2) is 0 Å². The number of rotatable bonds is 10. The Morgan fingerprint density at radius 3 is 2.12 bits per heavy atom. The van der Waals surface area contributed by atoms with Crippen molar-refractivity contribution in [3.63, 3.8) is 0 Å². The SMILES string of the molecule is CCC1(NC(=O)N[C@H](C(=O)N2C[C@H]3[C@@H]([C@H]2C(=O)NC(CC2CCC2)C(=O)C(N)=O)C3(C)C)C(C)(C)C)CCCCC1. The van der Waals surface area contributed by atoms with Crippen LogP contribution in [0.1, 0.15) is 106 Å². The summed E-state index contributed by atoms with van der Waals surface area (Å²) in [4.78, 5) is 67.4. The zero-order chi connectivity index (χ0) is 30.3. The number of primary amides is 1. The van der Waals surface area contributed by atoms with E-state index in [0.717, 1.165) is 57.8 Å². The van der Waals surface area contributed by atoms with Crippen LogP contribution in [0, 0.1) is 28.6 Å². The van der Waals surface area contributed by atoms with Gasteiger partial charge in [0, 0.05) is 12.1 Å². The van der Waals surface area contributed by atoms with Gasteiger partial charge in [0.2, 0.25) is 17.6 Å². The minimum atomic E-state index is -1.07. The predicted molar refractivity (Wildman–Crippen MR) is 155 cm³/mol. The van der Waals surface area contributed by atoms with Gasteiger partial charge in [-0.15, -0.1) is 0 Å². The van der Waals surface area contributed by atoms with Crippen molar-refractivity contribution in [2.75, 3.05) is 6.54 Å². The second-order valence-electron chi connectivity index (χ2n) is 14.8. The van der Waals surface area contributed by atoms with E-state index in [-0.39, 0.29) is 40.6 Å². The summed E-state index contributed by atoms with van der Waals surface area (Å²) >= 11 is 0. The van der Waals surface area contributed by atoms with E-state index in [1.807, 2.05) is 20.8 Å². The first kappa shape index (κ1) is 31.3. The molecule has 1 unspecified atom stereocenters. The second-order valence-corrected chi connectivity index (χ2v) is 14.8. The van der Waals surface area contributed by atoms with E-state index in [2.05, 4.69) is 36.7 Å². The summed E-state index contributed by atoms with van der Waals surface area (Å²) < 4.78 is 0. The molecular formula is C31H51N5O5. The highest BCUT2D eigenvalue weighted by atomic mass is 16.2. The molecule has 0 spiro atoms. The highest BCUT2D eigenvalue weighted by Crippen LogP contribution is 2.65. The van der Waals surface area contributed by atoms with Crippen molar-refractivity contribution < 1.29 is 24.0 Å². The highest BCUT2D eigenvalue weighted by molar-refractivity contribution is 6.37. The van der Waals surface area contributed by atoms with Crippen LogP contribution in [0.5, 0.6) is 0 Å². The Morgan fingerprint density at radius 2 is 1.61 bits per heavy atom. The maximum atomic E-state index is 14.2. The Morgan fingerprint density at radius 1 is 0.976 bits per heavy atom. The number of nitrogens with zero attached hydrogens (tertiary/aromatic N) is 1. The van der Waals surface area contributed by atoms with Crippen molar-refractivity contribution in [2.45, 2.75) is 129 Å². The molecule has 5 N–H and O–H groups in total. The number of hydrogen-bond donors (Lipinski definition) is 4. The van der Waals surface area contributed by atoms with Gasteiger partial charge in [0.05, 0.1) is 6.04 Å². The molecule has 0 aromatic carbocycles. The van der Waals surface area contributed by atoms with E-state index in [4.69, 9.17) is 5.73 Å². The molecule has 4 aliphatic rings. The molecule has 10 heteroatoms. The summed E-state index contributed by atoms with van der Waals surface area (Å²) in [5, 5.41) is 8.99. The first-order chi connectivity index (χ1) is 19.1. The van der Waals surface area contributed by atoms with E-state index in [1.165, 1.54) is 0 Å². The van der Waals surface area contributed by atoms with Gasteiger partial charge >= 0.3 is 6.03 Å². The number of nitrogens with one attached hydrogen (secondary N) is 3. The molecule has 5 amide bonds. The number of hydrogen-bond acceptors (Lipinski definition) is 5. The van der Waals surface area contributed by atoms with Crippen LogP contribution in [-0.2, 0) is 19.2 Å². The molecule has 0 radical (unpaired) electrons. The average molecular weight is 574 g/mol. The fraction of sp³-hybridized carbons (Fsp3) is 0.839. The topological polar surface area (TPSA) is 151 Å². The quantitative estimate of drug-likeness (QED) is 0.296. The molecular weight excluding hydrogens is 522 g/mol. The van der Waals surface area contributed by atoms with Crippen LogP contribution in [-0.4, -0.2) is 64.6 Å². The molecule has 1 heterocycles. The van der Waals surface area contributed by atoms with Gasteiger partial charge < -0.3 is 26.6 Å². The van der Waals surface area contributed by atoms with Crippen molar-refractivity contribution in [2.24, 2.45) is 34.3 Å². The molecule has 4 fully saturated rings. The molecule has 0 aromatic heterocycles. The second kappa shape index (κ2) is 11.6. The summed E-state index contributed by atoms with van der Waals surface area (Å²) in [5.41, 5.74) is 4.31. The lowest BCUT2D eigenvalue weighted by Crippen LogP contribution is -2.63. The molecule has 1 aliphatic heterocycles. The third-order valence-electron chi connectivity index (χ3n) is 10.7. The predicted octanol–water partition coefficient (Wildman–Crippen LogP) is 3.03. The van der Waals surface area contributed by atoms with E-state index >= 15 is 0 Å². The van der Waals surface area contributed by atoms with Crippen LogP contribution in [0.4, 0.5) is 4.79 Å². The van der Waals surface area contributed by atoms with Crippen LogP contribution >= 0.6 is 0 Å². The monoisotopic (exact) mass is 573 g/mol. The third-order valence-corrected chi connectivity index (χ3v) is 10.7. The first-order valence-electron chi connectivity index (χ1n) is 15.6. The Labute approximate surface area is 244 Å². The molecule has 5 atom stereocenters. The Bertz CT molecular complexity index is 1060. The molecule has 0 bridgehead atoms. The van der Waals surface area contributed by atoms with Crippen LogP contribution in [0.2, 0.25) is 0 Å². The number of nitrogens with two attached hydrogens (primary N) is 1. The van der Waals surface area contributed by atoms with Crippen molar-refractivity contribution in [1.82, 2.24) is 20.9 Å². The summed E-state index contributed by atoms with van der Waals surface area (Å²) in [6, 6.07) is -3.00. The average Bonchev–Trinajstić information content (AvgIpc) is 3.20. The van der Waals surface area contributed by atoms with Crippen LogP contribution in [0.25, 0.3) is 0 Å². The summed E-state index contributed by atoms with van der Waals surface area (Å²) in [7, 11) is 0. The van der Waals surface area contributed by atoms with E-state index in [1.54, 1.807) is 4.90 Å². The van der Waals surface area contributed by atoms with Crippen molar-refractivity contribution in [3.8, 4) is 0 Å². The summed E-state index contributed by atoms with van der Waals surface area (Å²) in [6.45, 7) is 12.4. The van der Waals surface area contributed by atoms with Gasteiger partial charge in [-0.05, 0) is 54.3 Å². The number of urea groups is 1. The van der Waals surface area contributed by atoms with E-state index in [0.29, 0.717) is 13.0 Å². The molecule has 1 saturated heterocycles. The van der Waals surface area contributed by atoms with Crippen molar-refractivity contribution in [1.29, 1.82) is 0 Å². The van der Waals surface area contributed by atoms with Crippen molar-refractivity contribution in [3.05, 3.63) is 0 Å². The third kappa shape index (κ3) is 6.41. The number of likely N-dealkylation sites (tertiary alicyclic amines) is 1. The van der Waals surface area contributed by atoms with Crippen molar-refractivity contribution >= 4 is 29.5 Å². The number of amides is 5.